The minimum Gasteiger partial charge on any atom is -1.00 e. The Kier molecular flexibility index (Phi) is 18.5. The van der Waals surface area contributed by atoms with E-state index in [1.165, 1.54) is 38.5 Å². The summed E-state index contributed by atoms with van der Waals surface area (Å²) in [7, 11) is 4.14. The lowest BCUT2D eigenvalue weighted by molar-refractivity contribution is -0.671. The van der Waals surface area contributed by atoms with Crippen LogP contribution in [0.4, 0.5) is 0 Å². The van der Waals surface area contributed by atoms with Gasteiger partial charge >= 0.3 is 0 Å². The lowest BCUT2D eigenvalue weighted by Gasteiger charge is -2.00. The maximum absolute atomic E-state index is 2.27. The van der Waals surface area contributed by atoms with Crippen LogP contribution in [-0.4, -0.2) is 20.1 Å². The Labute approximate surface area is 166 Å². The number of nitrogens with zero attached hydrogens (tertiary/aromatic N) is 4. The molecule has 24 heavy (non-hydrogen) atoms. The molecule has 0 aliphatic carbocycles. The van der Waals surface area contributed by atoms with Crippen molar-refractivity contribution in [3.63, 3.8) is 0 Å². The largest absolute Gasteiger partial charge is 1.00 e. The molecular weight excluding hydrogens is 440 g/mol. The molecule has 2 heterocycles. The van der Waals surface area contributed by atoms with Gasteiger partial charge in [-0.05, 0) is 25.7 Å². The van der Waals surface area contributed by atoms with Crippen LogP contribution in [0.15, 0.2) is 37.4 Å². The van der Waals surface area contributed by atoms with Crippen molar-refractivity contribution >= 4 is 0 Å². The van der Waals surface area contributed by atoms with Crippen molar-refractivity contribution in [2.24, 2.45) is 14.1 Å². The van der Waals surface area contributed by atoms with Gasteiger partial charge in [0, 0.05) is 0 Å². The quantitative estimate of drug-likeness (QED) is 0.258. The summed E-state index contributed by atoms with van der Waals surface area (Å²) in [5.41, 5.74) is 0. The Bertz CT molecular complexity index is 471. The molecule has 2 rings (SSSR count). The molecule has 0 spiro atoms. The SMILES string of the molecule is C[n+]1ccn(CCCCCCCCn2cc[n+](C)c2)c1.O.O.[Br-].[Br-]. The van der Waals surface area contributed by atoms with Gasteiger partial charge in [0.2, 0.25) is 12.7 Å². The van der Waals surface area contributed by atoms with E-state index in [2.05, 4.69) is 69.8 Å². The zero-order chi connectivity index (χ0) is 14.2. The Morgan fingerprint density at radius 1 is 0.625 bits per heavy atom. The van der Waals surface area contributed by atoms with Crippen molar-refractivity contribution in [2.45, 2.75) is 51.6 Å². The van der Waals surface area contributed by atoms with Crippen LogP contribution in [0.2, 0.25) is 0 Å². The summed E-state index contributed by atoms with van der Waals surface area (Å²) in [6, 6.07) is 0. The Morgan fingerprint density at radius 3 is 1.25 bits per heavy atom. The summed E-state index contributed by atoms with van der Waals surface area (Å²) in [6.07, 6.45) is 20.8. The molecule has 142 valence electrons. The molecule has 0 aliphatic heterocycles. The van der Waals surface area contributed by atoms with Crippen molar-refractivity contribution < 1.29 is 54.0 Å². The molecular formula is C16H32Br2N4O2. The highest BCUT2D eigenvalue weighted by Crippen LogP contribution is 2.07. The molecule has 0 radical (unpaired) electrons. The number of unbranched alkanes of at least 4 members (excludes halogenated alkanes) is 5. The second-order valence-electron chi connectivity index (χ2n) is 5.76. The summed E-state index contributed by atoms with van der Waals surface area (Å²) in [5, 5.41) is 0. The van der Waals surface area contributed by atoms with Gasteiger partial charge in [0.15, 0.2) is 0 Å². The van der Waals surface area contributed by atoms with Crippen LogP contribution in [0.25, 0.3) is 0 Å². The zero-order valence-electron chi connectivity index (χ0n) is 14.7. The first-order valence-corrected chi connectivity index (χ1v) is 7.76. The van der Waals surface area contributed by atoms with Gasteiger partial charge in [-0.2, -0.15) is 0 Å². The van der Waals surface area contributed by atoms with E-state index in [9.17, 15) is 0 Å². The number of hydrogen-bond acceptors (Lipinski definition) is 0. The summed E-state index contributed by atoms with van der Waals surface area (Å²) >= 11 is 0. The fourth-order valence-electron chi connectivity index (χ4n) is 2.56. The zero-order valence-corrected chi connectivity index (χ0v) is 17.8. The highest BCUT2D eigenvalue weighted by Gasteiger charge is 2.01. The summed E-state index contributed by atoms with van der Waals surface area (Å²) in [6.45, 7) is 2.31. The van der Waals surface area contributed by atoms with Gasteiger partial charge < -0.3 is 44.9 Å². The molecule has 6 nitrogen and oxygen atoms in total. The molecule has 2 aromatic rings. The monoisotopic (exact) mass is 470 g/mol. The smallest absolute Gasteiger partial charge is 0.243 e. The van der Waals surface area contributed by atoms with Gasteiger partial charge in [0.05, 0.1) is 27.2 Å². The van der Waals surface area contributed by atoms with Crippen LogP contribution in [-0.2, 0) is 27.2 Å². The molecule has 0 bridgehead atoms. The first-order chi connectivity index (χ1) is 9.74. The minimum atomic E-state index is 0. The van der Waals surface area contributed by atoms with Crippen molar-refractivity contribution in [1.82, 2.24) is 9.13 Å². The molecule has 0 fully saturated rings. The Balaban J connectivity index is -0.00000110. The third kappa shape index (κ3) is 11.0. The molecule has 2 aromatic heterocycles. The van der Waals surface area contributed by atoms with Crippen molar-refractivity contribution in [2.75, 3.05) is 0 Å². The minimum absolute atomic E-state index is 0. The van der Waals surface area contributed by atoms with Gasteiger partial charge in [0.1, 0.15) is 24.8 Å². The van der Waals surface area contributed by atoms with Crippen LogP contribution in [0.5, 0.6) is 0 Å². The number of aromatic nitrogens is 4. The molecule has 0 saturated carbocycles. The van der Waals surface area contributed by atoms with E-state index < -0.39 is 0 Å². The second-order valence-corrected chi connectivity index (χ2v) is 5.76. The van der Waals surface area contributed by atoms with Gasteiger partial charge in [-0.1, -0.05) is 12.8 Å². The fraction of sp³-hybridized carbons (Fsp3) is 0.625. The van der Waals surface area contributed by atoms with Crippen LogP contribution < -0.4 is 43.1 Å². The number of imidazole rings is 2. The first-order valence-electron chi connectivity index (χ1n) is 7.76. The molecule has 4 N–H and O–H groups in total. The molecule has 0 aliphatic rings. The predicted octanol–water partition coefficient (Wildman–Crippen LogP) is -5.66. The van der Waals surface area contributed by atoms with E-state index in [0.717, 1.165) is 13.1 Å². The average Bonchev–Trinajstić information content (AvgIpc) is 3.02. The van der Waals surface area contributed by atoms with Gasteiger partial charge in [-0.25, -0.2) is 18.3 Å². The van der Waals surface area contributed by atoms with E-state index >= 15 is 0 Å². The maximum atomic E-state index is 2.27. The Hall–Kier alpha value is -0.700. The van der Waals surface area contributed by atoms with Crippen molar-refractivity contribution in [1.29, 1.82) is 0 Å². The third-order valence-electron chi connectivity index (χ3n) is 3.73. The van der Waals surface area contributed by atoms with Gasteiger partial charge in [0.25, 0.3) is 0 Å². The lowest BCUT2D eigenvalue weighted by Crippen LogP contribution is -3.00. The van der Waals surface area contributed by atoms with E-state index in [1.54, 1.807) is 0 Å². The standard InChI is InChI=1S/C16H28N4.2BrH.2H2O/c1-17-11-13-19(15-17)9-7-5-3-4-6-8-10-20-14-12-18(2)16-20;;;;/h11-16H,3-10H2,1-2H3;2*1H;2*1H2/q+2;;;;/p-2. The lowest BCUT2D eigenvalue weighted by atomic mass is 10.1. The molecule has 8 heteroatoms. The second kappa shape index (κ2) is 15.8. The van der Waals surface area contributed by atoms with Crippen LogP contribution >= 0.6 is 0 Å². The van der Waals surface area contributed by atoms with E-state index in [0.29, 0.717) is 0 Å². The van der Waals surface area contributed by atoms with Crippen LogP contribution in [0, 0.1) is 0 Å². The predicted molar refractivity (Wildman–Crippen MR) is 86.1 cm³/mol. The van der Waals surface area contributed by atoms with E-state index in [1.807, 2.05) is 0 Å². The average molecular weight is 472 g/mol. The molecule has 0 saturated heterocycles. The molecule has 0 atom stereocenters. The highest BCUT2D eigenvalue weighted by atomic mass is 79.9. The van der Waals surface area contributed by atoms with Gasteiger partial charge in [-0.15, -0.1) is 0 Å². The summed E-state index contributed by atoms with van der Waals surface area (Å²) in [4.78, 5) is 0. The van der Waals surface area contributed by atoms with Crippen LogP contribution in [0.3, 0.4) is 0 Å². The fourth-order valence-corrected chi connectivity index (χ4v) is 2.56. The van der Waals surface area contributed by atoms with Gasteiger partial charge in [-0.3, -0.25) is 0 Å². The summed E-state index contributed by atoms with van der Waals surface area (Å²) < 4.78 is 8.74. The first kappa shape index (κ1) is 28.1. The normalized spacial score (nSPS) is 9.25. The van der Waals surface area contributed by atoms with Crippen molar-refractivity contribution in [3.05, 3.63) is 37.4 Å². The topological polar surface area (TPSA) is 80.6 Å². The summed E-state index contributed by atoms with van der Waals surface area (Å²) in [5.74, 6) is 0. The third-order valence-corrected chi connectivity index (χ3v) is 3.73. The molecule has 0 aromatic carbocycles. The number of rotatable bonds is 9. The number of aryl methyl sites for hydroxylation is 4. The number of hydrogen-bond donors (Lipinski definition) is 0. The van der Waals surface area contributed by atoms with E-state index in [-0.39, 0.29) is 44.9 Å². The maximum Gasteiger partial charge on any atom is 0.243 e. The van der Waals surface area contributed by atoms with E-state index in [4.69, 9.17) is 0 Å². The van der Waals surface area contributed by atoms with Crippen molar-refractivity contribution in [3.8, 4) is 0 Å². The molecule has 0 unspecified atom stereocenters. The van der Waals surface area contributed by atoms with Crippen LogP contribution in [0.1, 0.15) is 38.5 Å². The highest BCUT2D eigenvalue weighted by molar-refractivity contribution is 4.66. The Morgan fingerprint density at radius 2 is 0.958 bits per heavy atom. The number of halogens is 2. The molecule has 0 amide bonds.